The average Bonchev–Trinajstić information content (AvgIpc) is 2.29. The predicted molar refractivity (Wildman–Crippen MR) is 60.6 cm³/mol. The summed E-state index contributed by atoms with van der Waals surface area (Å²) in [7, 11) is 1.44. The molecule has 1 aromatic carbocycles. The van der Waals surface area contributed by atoms with Gasteiger partial charge in [0.25, 0.3) is 0 Å². The van der Waals surface area contributed by atoms with Crippen LogP contribution in [0.5, 0.6) is 0 Å². The molecule has 1 rings (SSSR count). The highest BCUT2D eigenvalue weighted by atomic mass is 16.5. The van der Waals surface area contributed by atoms with E-state index in [0.717, 1.165) is 12.8 Å². The first-order valence-corrected chi connectivity index (χ1v) is 5.37. The van der Waals surface area contributed by atoms with Gasteiger partial charge in [0.1, 0.15) is 0 Å². The van der Waals surface area contributed by atoms with Gasteiger partial charge in [0.05, 0.1) is 7.11 Å². The van der Waals surface area contributed by atoms with Gasteiger partial charge in [0.15, 0.2) is 0 Å². The van der Waals surface area contributed by atoms with Crippen molar-refractivity contribution in [3.05, 3.63) is 35.9 Å². The zero-order valence-electron chi connectivity index (χ0n) is 9.40. The van der Waals surface area contributed by atoms with Crippen LogP contribution >= 0.6 is 0 Å². The molecular weight excluding hydrogens is 188 g/mol. The highest BCUT2D eigenvalue weighted by Gasteiger charge is 2.12. The van der Waals surface area contributed by atoms with Crippen LogP contribution in [0.3, 0.4) is 0 Å². The van der Waals surface area contributed by atoms with E-state index in [1.54, 1.807) is 0 Å². The number of carbonyl (C=O) groups is 1. The lowest BCUT2D eigenvalue weighted by molar-refractivity contribution is -0.141. The lowest BCUT2D eigenvalue weighted by Crippen LogP contribution is -2.11. The first-order chi connectivity index (χ1) is 7.26. The topological polar surface area (TPSA) is 26.3 Å². The van der Waals surface area contributed by atoms with Crippen molar-refractivity contribution in [2.75, 3.05) is 7.11 Å². The minimum atomic E-state index is -0.113. The molecule has 15 heavy (non-hydrogen) atoms. The summed E-state index contributed by atoms with van der Waals surface area (Å²) in [5, 5.41) is 0. The normalized spacial score (nSPS) is 12.1. The van der Waals surface area contributed by atoms with Gasteiger partial charge in [-0.05, 0) is 17.9 Å². The molecule has 0 heterocycles. The van der Waals surface area contributed by atoms with Crippen LogP contribution in [-0.2, 0) is 16.0 Å². The highest BCUT2D eigenvalue weighted by molar-refractivity contribution is 5.69. The Kier molecular flexibility index (Phi) is 4.88. The van der Waals surface area contributed by atoms with Crippen LogP contribution in [0.15, 0.2) is 30.3 Å². The summed E-state index contributed by atoms with van der Waals surface area (Å²) >= 11 is 0. The van der Waals surface area contributed by atoms with Crippen LogP contribution in [0, 0.1) is 5.92 Å². The number of methoxy groups -OCH3 is 1. The van der Waals surface area contributed by atoms with Gasteiger partial charge in [0.2, 0.25) is 0 Å². The fourth-order valence-corrected chi connectivity index (χ4v) is 1.63. The Morgan fingerprint density at radius 3 is 2.53 bits per heavy atom. The number of esters is 1. The Labute approximate surface area is 91.3 Å². The van der Waals surface area contributed by atoms with Crippen LogP contribution in [0.1, 0.15) is 25.3 Å². The minimum Gasteiger partial charge on any atom is -0.469 e. The van der Waals surface area contributed by atoms with E-state index in [4.69, 9.17) is 0 Å². The third-order valence-electron chi connectivity index (χ3n) is 2.63. The summed E-state index contributed by atoms with van der Waals surface area (Å²) < 4.78 is 4.68. The van der Waals surface area contributed by atoms with Crippen molar-refractivity contribution >= 4 is 5.97 Å². The van der Waals surface area contributed by atoms with Crippen molar-refractivity contribution < 1.29 is 9.53 Å². The van der Waals surface area contributed by atoms with Crippen molar-refractivity contribution in [2.24, 2.45) is 5.92 Å². The molecule has 0 aromatic heterocycles. The number of benzene rings is 1. The van der Waals surface area contributed by atoms with Gasteiger partial charge < -0.3 is 4.74 Å². The van der Waals surface area contributed by atoms with Crippen molar-refractivity contribution in [3.8, 4) is 0 Å². The summed E-state index contributed by atoms with van der Waals surface area (Å²) in [5.74, 6) is 0.276. The third-order valence-corrected chi connectivity index (χ3v) is 2.63. The lowest BCUT2D eigenvalue weighted by Gasteiger charge is -2.13. The standard InChI is InChI=1S/C13H18O2/c1-3-11(10-13(14)15-2)9-12-7-5-4-6-8-12/h4-8,11H,3,9-10H2,1-2H3. The summed E-state index contributed by atoms with van der Waals surface area (Å²) in [5.41, 5.74) is 1.29. The van der Waals surface area contributed by atoms with Crippen molar-refractivity contribution in [1.29, 1.82) is 0 Å². The molecule has 82 valence electrons. The maximum absolute atomic E-state index is 11.1. The van der Waals surface area contributed by atoms with Gasteiger partial charge in [0, 0.05) is 6.42 Å². The van der Waals surface area contributed by atoms with E-state index in [-0.39, 0.29) is 5.97 Å². The van der Waals surface area contributed by atoms with Gasteiger partial charge in [-0.1, -0.05) is 43.7 Å². The van der Waals surface area contributed by atoms with Gasteiger partial charge in [-0.2, -0.15) is 0 Å². The zero-order chi connectivity index (χ0) is 11.1. The molecule has 0 spiro atoms. The highest BCUT2D eigenvalue weighted by Crippen LogP contribution is 2.16. The van der Waals surface area contributed by atoms with Crippen molar-refractivity contribution in [1.82, 2.24) is 0 Å². The Hall–Kier alpha value is -1.31. The predicted octanol–water partition coefficient (Wildman–Crippen LogP) is 2.82. The quantitative estimate of drug-likeness (QED) is 0.692. The Bertz CT molecular complexity index is 293. The molecule has 0 bridgehead atoms. The second kappa shape index (κ2) is 6.23. The molecule has 2 nitrogen and oxygen atoms in total. The van der Waals surface area contributed by atoms with Crippen LogP contribution in [-0.4, -0.2) is 13.1 Å². The maximum Gasteiger partial charge on any atom is 0.305 e. The van der Waals surface area contributed by atoms with Crippen LogP contribution in [0.25, 0.3) is 0 Å². The monoisotopic (exact) mass is 206 g/mol. The first kappa shape index (κ1) is 11.8. The smallest absolute Gasteiger partial charge is 0.305 e. The SMILES string of the molecule is CCC(CC(=O)OC)Cc1ccccc1. The molecule has 2 heteroatoms. The van der Waals surface area contributed by atoms with Gasteiger partial charge >= 0.3 is 5.97 Å². The molecule has 0 aliphatic carbocycles. The van der Waals surface area contributed by atoms with E-state index >= 15 is 0 Å². The van der Waals surface area contributed by atoms with E-state index in [0.29, 0.717) is 12.3 Å². The van der Waals surface area contributed by atoms with E-state index < -0.39 is 0 Å². The van der Waals surface area contributed by atoms with E-state index in [1.165, 1.54) is 12.7 Å². The lowest BCUT2D eigenvalue weighted by atomic mass is 9.94. The zero-order valence-corrected chi connectivity index (χ0v) is 9.40. The van der Waals surface area contributed by atoms with Crippen LogP contribution < -0.4 is 0 Å². The number of carbonyl (C=O) groups excluding carboxylic acids is 1. The average molecular weight is 206 g/mol. The fourth-order valence-electron chi connectivity index (χ4n) is 1.63. The van der Waals surface area contributed by atoms with Gasteiger partial charge in [-0.15, -0.1) is 0 Å². The largest absolute Gasteiger partial charge is 0.469 e. The molecule has 1 unspecified atom stereocenters. The summed E-state index contributed by atoms with van der Waals surface area (Å²) in [6.45, 7) is 2.11. The summed E-state index contributed by atoms with van der Waals surface area (Å²) in [4.78, 5) is 11.1. The first-order valence-electron chi connectivity index (χ1n) is 5.37. The van der Waals surface area contributed by atoms with Crippen LogP contribution in [0.4, 0.5) is 0 Å². The molecule has 0 aliphatic rings. The molecule has 0 radical (unpaired) electrons. The molecule has 0 saturated carbocycles. The van der Waals surface area contributed by atoms with E-state index in [2.05, 4.69) is 23.8 Å². The number of ether oxygens (including phenoxy) is 1. The molecular formula is C13H18O2. The Morgan fingerprint density at radius 1 is 1.33 bits per heavy atom. The number of hydrogen-bond acceptors (Lipinski definition) is 2. The summed E-state index contributed by atoms with van der Waals surface area (Å²) in [6, 6.07) is 10.3. The minimum absolute atomic E-state index is 0.113. The molecule has 0 aliphatic heterocycles. The molecule has 0 saturated heterocycles. The molecule has 1 aromatic rings. The Balaban J connectivity index is 2.50. The van der Waals surface area contributed by atoms with E-state index in [9.17, 15) is 4.79 Å². The maximum atomic E-state index is 11.1. The van der Waals surface area contributed by atoms with Crippen molar-refractivity contribution in [2.45, 2.75) is 26.2 Å². The van der Waals surface area contributed by atoms with Crippen molar-refractivity contribution in [3.63, 3.8) is 0 Å². The molecule has 0 amide bonds. The third kappa shape index (κ3) is 4.15. The second-order valence-electron chi connectivity index (χ2n) is 3.74. The molecule has 1 atom stereocenters. The summed E-state index contributed by atoms with van der Waals surface area (Å²) in [6.07, 6.45) is 2.47. The Morgan fingerprint density at radius 2 is 2.00 bits per heavy atom. The second-order valence-corrected chi connectivity index (χ2v) is 3.74. The fraction of sp³-hybridized carbons (Fsp3) is 0.462. The molecule has 0 N–H and O–H groups in total. The number of rotatable bonds is 5. The van der Waals surface area contributed by atoms with Crippen LogP contribution in [0.2, 0.25) is 0 Å². The van der Waals surface area contributed by atoms with Gasteiger partial charge in [-0.3, -0.25) is 4.79 Å². The van der Waals surface area contributed by atoms with E-state index in [1.807, 2.05) is 18.2 Å². The molecule has 0 fully saturated rings. The van der Waals surface area contributed by atoms with Gasteiger partial charge in [-0.25, -0.2) is 0 Å². The number of hydrogen-bond donors (Lipinski definition) is 0.